The first-order valence-corrected chi connectivity index (χ1v) is 1.50. The van der Waals surface area contributed by atoms with Gasteiger partial charge < -0.3 is 24.7 Å². The molecule has 0 atom stereocenters. The molecular formula is H6B2KLiO5. The molecule has 0 aliphatic carbocycles. The molecule has 0 aromatic heterocycles. The minimum absolute atomic E-state index is 0. The maximum atomic E-state index is 7.74. The van der Waals surface area contributed by atoms with Gasteiger partial charge in [-0.15, -0.1) is 0 Å². The summed E-state index contributed by atoms with van der Waals surface area (Å²) in [6.45, 7) is 0. The van der Waals surface area contributed by atoms with E-state index >= 15 is 0 Å². The molecule has 4 N–H and O–H groups in total. The Labute approximate surface area is 108 Å². The van der Waals surface area contributed by atoms with Crippen LogP contribution in [0.2, 0.25) is 0 Å². The van der Waals surface area contributed by atoms with Crippen molar-refractivity contribution in [2.75, 3.05) is 0 Å². The van der Waals surface area contributed by atoms with Crippen molar-refractivity contribution in [2.45, 2.75) is 0 Å². The van der Waals surface area contributed by atoms with Gasteiger partial charge in [0.1, 0.15) is 0 Å². The average molecular weight is 154 g/mol. The molecule has 0 fully saturated rings. The van der Waals surface area contributed by atoms with E-state index in [1.165, 1.54) is 0 Å². The first-order chi connectivity index (χ1) is 3.13. The predicted octanol–water partition coefficient (Wildman–Crippen LogP) is -4.35. The standard InChI is InChI=1S/B2H4O5.K.Li.2H/c3-1(4)7-2(5)6;;;;/h3-6H;;;;. The molecule has 0 aliphatic heterocycles. The molecule has 0 unspecified atom stereocenters. The second-order valence-corrected chi connectivity index (χ2v) is 0.789. The van der Waals surface area contributed by atoms with Gasteiger partial charge in [0.15, 0.2) is 0 Å². The second kappa shape index (κ2) is 10.2. The summed E-state index contributed by atoms with van der Waals surface area (Å²) >= 11 is 0. The zero-order chi connectivity index (χ0) is 5.86. The molecule has 0 radical (unpaired) electrons. The Bertz CT molecular complexity index is 44.2. The van der Waals surface area contributed by atoms with Gasteiger partial charge in [-0.25, -0.2) is 0 Å². The quantitative estimate of drug-likeness (QED) is 0.301. The number of hydrogen-bond acceptors (Lipinski definition) is 5. The van der Waals surface area contributed by atoms with Crippen LogP contribution in [0.4, 0.5) is 0 Å². The molecule has 0 spiro atoms. The van der Waals surface area contributed by atoms with E-state index in [4.69, 9.17) is 20.1 Å². The Kier molecular flexibility index (Phi) is 19.5. The van der Waals surface area contributed by atoms with Crippen molar-refractivity contribution in [3.63, 3.8) is 0 Å². The van der Waals surface area contributed by atoms with Gasteiger partial charge >= 0.3 is 84.9 Å². The summed E-state index contributed by atoms with van der Waals surface area (Å²) in [7, 11) is -4.25. The van der Waals surface area contributed by atoms with Gasteiger partial charge in [-0.2, -0.15) is 0 Å². The topological polar surface area (TPSA) is 90.2 Å². The van der Waals surface area contributed by atoms with E-state index in [2.05, 4.69) is 4.57 Å². The fraction of sp³-hybridized carbons (Fsp3) is 0. The van der Waals surface area contributed by atoms with Crippen molar-refractivity contribution in [2.24, 2.45) is 0 Å². The molecule has 44 valence electrons. The number of rotatable bonds is 2. The molecule has 9 heteroatoms. The molecule has 0 bridgehead atoms. The third kappa shape index (κ3) is 17.8. The van der Waals surface area contributed by atoms with Crippen molar-refractivity contribution in [1.29, 1.82) is 0 Å². The Morgan fingerprint density at radius 3 is 1.11 bits per heavy atom. The molecule has 0 aromatic carbocycles. The monoisotopic (exact) mass is 154 g/mol. The zero-order valence-corrected chi connectivity index (χ0v) is 3.35. The Hall–Kier alpha value is 2.16. The van der Waals surface area contributed by atoms with Crippen LogP contribution in [0.15, 0.2) is 0 Å². The summed E-state index contributed by atoms with van der Waals surface area (Å²) < 4.78 is 3.47. The summed E-state index contributed by atoms with van der Waals surface area (Å²) in [5.41, 5.74) is 0. The van der Waals surface area contributed by atoms with Crippen LogP contribution in [0, 0.1) is 0 Å². The summed E-state index contributed by atoms with van der Waals surface area (Å²) in [6, 6.07) is 0. The Morgan fingerprint density at radius 2 is 1.11 bits per heavy atom. The molecule has 0 aliphatic rings. The molecular weight excluding hydrogens is 148 g/mol. The maximum absolute atomic E-state index is 7.74. The first-order valence-electron chi connectivity index (χ1n) is 1.50. The van der Waals surface area contributed by atoms with Gasteiger partial charge in [-0.05, 0) is 0 Å². The van der Waals surface area contributed by atoms with Crippen LogP contribution >= 0.6 is 0 Å². The Balaban J connectivity index is -0.000000180. The Morgan fingerprint density at radius 1 is 0.889 bits per heavy atom. The molecule has 0 heterocycles. The molecule has 5 nitrogen and oxygen atoms in total. The molecule has 0 amide bonds. The first kappa shape index (κ1) is 17.3. The molecule has 0 aromatic rings. The van der Waals surface area contributed by atoms with E-state index in [0.717, 1.165) is 0 Å². The fourth-order valence-electron chi connectivity index (χ4n) is 0.109. The third-order valence-electron chi connectivity index (χ3n) is 0.243. The molecule has 0 saturated heterocycles. The van der Waals surface area contributed by atoms with Crippen molar-refractivity contribution in [3.05, 3.63) is 0 Å². The van der Waals surface area contributed by atoms with E-state index in [1.807, 2.05) is 0 Å². The van der Waals surface area contributed by atoms with Gasteiger partial charge in [0.2, 0.25) is 0 Å². The van der Waals surface area contributed by atoms with Crippen LogP contribution in [0.25, 0.3) is 0 Å². The number of hydrogen-bond donors (Lipinski definition) is 4. The molecule has 0 saturated carbocycles. The van der Waals surface area contributed by atoms with E-state index in [1.54, 1.807) is 0 Å². The van der Waals surface area contributed by atoms with Gasteiger partial charge in [0.25, 0.3) is 0 Å². The fourth-order valence-corrected chi connectivity index (χ4v) is 0.109. The van der Waals surface area contributed by atoms with Gasteiger partial charge in [-0.3, -0.25) is 0 Å². The van der Waals surface area contributed by atoms with E-state index < -0.39 is 14.6 Å². The summed E-state index contributed by atoms with van der Waals surface area (Å²) in [6.07, 6.45) is 0. The van der Waals surface area contributed by atoms with Crippen molar-refractivity contribution in [1.82, 2.24) is 0 Å². The molecule has 0 rings (SSSR count). The summed E-state index contributed by atoms with van der Waals surface area (Å²) in [4.78, 5) is 0. The van der Waals surface area contributed by atoms with Crippen LogP contribution in [-0.2, 0) is 4.57 Å². The van der Waals surface area contributed by atoms with Gasteiger partial charge in [-0.1, -0.05) is 0 Å². The van der Waals surface area contributed by atoms with E-state index in [9.17, 15) is 0 Å². The summed E-state index contributed by atoms with van der Waals surface area (Å²) in [5, 5.41) is 30.9. The van der Waals surface area contributed by atoms with Crippen molar-refractivity contribution in [3.8, 4) is 0 Å². The zero-order valence-electron chi connectivity index (χ0n) is 3.35. The third-order valence-corrected chi connectivity index (χ3v) is 0.243. The van der Waals surface area contributed by atoms with Gasteiger partial charge in [0, 0.05) is 0 Å². The van der Waals surface area contributed by atoms with Crippen molar-refractivity contribution < 1.29 is 24.7 Å². The normalized spacial score (nSPS) is 6.67. The summed E-state index contributed by atoms with van der Waals surface area (Å²) in [5.74, 6) is 0. The SMILES string of the molecule is OB(O)OB(O)O.[KH].[LiH]. The van der Waals surface area contributed by atoms with Crippen molar-refractivity contribution >= 4 is 84.9 Å². The predicted molar refractivity (Wildman–Crippen MR) is 35.8 cm³/mol. The van der Waals surface area contributed by atoms with Gasteiger partial charge in [0.05, 0.1) is 0 Å². The van der Waals surface area contributed by atoms with Crippen LogP contribution in [0.3, 0.4) is 0 Å². The van der Waals surface area contributed by atoms with E-state index in [-0.39, 0.29) is 70.2 Å². The van der Waals surface area contributed by atoms with Crippen LogP contribution in [-0.4, -0.2) is 105 Å². The van der Waals surface area contributed by atoms with E-state index in [0.29, 0.717) is 0 Å². The van der Waals surface area contributed by atoms with Crippen LogP contribution < -0.4 is 0 Å². The minimum atomic E-state index is -2.13. The average Bonchev–Trinajstić information content (AvgIpc) is 1.27. The second-order valence-electron chi connectivity index (χ2n) is 0.789. The van der Waals surface area contributed by atoms with Crippen LogP contribution in [0.1, 0.15) is 0 Å². The molecule has 9 heavy (non-hydrogen) atoms. The van der Waals surface area contributed by atoms with Crippen LogP contribution in [0.5, 0.6) is 0 Å².